The van der Waals surface area contributed by atoms with Gasteiger partial charge in [0.15, 0.2) is 0 Å². The van der Waals surface area contributed by atoms with E-state index in [-0.39, 0.29) is 5.56 Å². The smallest absolute Gasteiger partial charge is 0.336 e. The van der Waals surface area contributed by atoms with Crippen molar-refractivity contribution in [2.24, 2.45) is 0 Å². The average molecular weight is 266 g/mol. The van der Waals surface area contributed by atoms with Crippen molar-refractivity contribution in [3.63, 3.8) is 0 Å². The average Bonchev–Trinajstić information content (AvgIpc) is 2.41. The molecule has 0 saturated carbocycles. The topological polar surface area (TPSA) is 43.8 Å². The predicted octanol–water partition coefficient (Wildman–Crippen LogP) is 1.66. The molecule has 0 radical (unpaired) electrons. The number of carboxylic acids is 1. The molecular weight excluding hydrogens is 247 g/mol. The molecule has 1 aromatic rings. The Morgan fingerprint density at radius 1 is 1.26 bits per heavy atom. The Morgan fingerprint density at radius 3 is 2.47 bits per heavy atom. The van der Waals surface area contributed by atoms with Crippen LogP contribution in [0.4, 0.5) is 4.39 Å². The fourth-order valence-electron chi connectivity index (χ4n) is 2.39. The fourth-order valence-corrected chi connectivity index (χ4v) is 2.39. The van der Waals surface area contributed by atoms with Crippen LogP contribution in [0.1, 0.15) is 22.8 Å². The number of hydrogen-bond donors (Lipinski definition) is 1. The van der Waals surface area contributed by atoms with Crippen LogP contribution in [0.5, 0.6) is 0 Å². The van der Waals surface area contributed by atoms with E-state index in [9.17, 15) is 9.18 Å². The van der Waals surface area contributed by atoms with Crippen molar-refractivity contribution in [1.82, 2.24) is 9.80 Å². The first-order valence-electron chi connectivity index (χ1n) is 6.56. The molecule has 4 nitrogen and oxygen atoms in total. The monoisotopic (exact) mass is 266 g/mol. The number of benzene rings is 1. The Kier molecular flexibility index (Phi) is 4.50. The van der Waals surface area contributed by atoms with E-state index in [1.165, 1.54) is 6.07 Å². The van der Waals surface area contributed by atoms with Gasteiger partial charge in [-0.1, -0.05) is 13.0 Å². The van der Waals surface area contributed by atoms with Crippen LogP contribution in [-0.2, 0) is 6.54 Å². The minimum Gasteiger partial charge on any atom is -0.478 e. The van der Waals surface area contributed by atoms with E-state index in [1.54, 1.807) is 6.07 Å². The van der Waals surface area contributed by atoms with Crippen LogP contribution in [0.2, 0.25) is 0 Å². The number of piperazine rings is 1. The number of hydrogen-bond acceptors (Lipinski definition) is 3. The van der Waals surface area contributed by atoms with Gasteiger partial charge in [0.25, 0.3) is 0 Å². The van der Waals surface area contributed by atoms with Gasteiger partial charge in [-0.2, -0.15) is 0 Å². The third-order valence-electron chi connectivity index (χ3n) is 3.61. The lowest BCUT2D eigenvalue weighted by Gasteiger charge is -2.34. The maximum atomic E-state index is 13.1. The minimum absolute atomic E-state index is 0.0675. The van der Waals surface area contributed by atoms with Crippen LogP contribution in [-0.4, -0.2) is 53.6 Å². The summed E-state index contributed by atoms with van der Waals surface area (Å²) in [5.41, 5.74) is 0.747. The molecular formula is C14H19FN2O2. The second-order valence-corrected chi connectivity index (χ2v) is 4.82. The second kappa shape index (κ2) is 6.12. The molecule has 19 heavy (non-hydrogen) atoms. The molecule has 2 rings (SSSR count). The van der Waals surface area contributed by atoms with E-state index in [2.05, 4.69) is 16.7 Å². The highest BCUT2D eigenvalue weighted by Crippen LogP contribution is 2.15. The molecule has 0 amide bonds. The molecule has 1 aliphatic heterocycles. The first-order chi connectivity index (χ1) is 9.10. The zero-order valence-corrected chi connectivity index (χ0v) is 11.1. The minimum atomic E-state index is -1.07. The predicted molar refractivity (Wildman–Crippen MR) is 70.8 cm³/mol. The molecule has 0 aromatic heterocycles. The molecule has 0 atom stereocenters. The molecule has 1 saturated heterocycles. The van der Waals surface area contributed by atoms with Crippen LogP contribution in [0.25, 0.3) is 0 Å². The molecule has 1 aromatic carbocycles. The normalized spacial score (nSPS) is 17.6. The highest BCUT2D eigenvalue weighted by Gasteiger charge is 2.18. The highest BCUT2D eigenvalue weighted by atomic mass is 19.1. The zero-order valence-electron chi connectivity index (χ0n) is 11.1. The van der Waals surface area contributed by atoms with Crippen LogP contribution in [0, 0.1) is 5.82 Å². The number of rotatable bonds is 4. The lowest BCUT2D eigenvalue weighted by Crippen LogP contribution is -2.45. The van der Waals surface area contributed by atoms with Gasteiger partial charge in [-0.15, -0.1) is 0 Å². The van der Waals surface area contributed by atoms with Gasteiger partial charge in [-0.25, -0.2) is 9.18 Å². The lowest BCUT2D eigenvalue weighted by molar-refractivity contribution is 0.0692. The molecule has 0 spiro atoms. The standard InChI is InChI=1S/C14H19FN2O2/c1-2-16-5-7-17(8-6-16)10-11-3-4-12(15)9-13(11)14(18)19/h3-4,9H,2,5-8,10H2,1H3,(H,18,19). The van der Waals surface area contributed by atoms with E-state index in [0.29, 0.717) is 12.1 Å². The van der Waals surface area contributed by atoms with Crippen molar-refractivity contribution < 1.29 is 14.3 Å². The quantitative estimate of drug-likeness (QED) is 0.900. The summed E-state index contributed by atoms with van der Waals surface area (Å²) in [5, 5.41) is 9.11. The van der Waals surface area contributed by atoms with E-state index < -0.39 is 11.8 Å². The molecule has 1 aliphatic rings. The number of nitrogens with zero attached hydrogens (tertiary/aromatic N) is 2. The van der Waals surface area contributed by atoms with Crippen LogP contribution in [0.3, 0.4) is 0 Å². The molecule has 5 heteroatoms. The van der Waals surface area contributed by atoms with Crippen LogP contribution in [0.15, 0.2) is 18.2 Å². The van der Waals surface area contributed by atoms with Gasteiger partial charge >= 0.3 is 5.97 Å². The molecule has 0 unspecified atom stereocenters. The van der Waals surface area contributed by atoms with Gasteiger partial charge in [0.2, 0.25) is 0 Å². The van der Waals surface area contributed by atoms with Gasteiger partial charge in [0, 0.05) is 32.7 Å². The number of aromatic carboxylic acids is 1. The highest BCUT2D eigenvalue weighted by molar-refractivity contribution is 5.89. The number of carboxylic acid groups (broad SMARTS) is 1. The van der Waals surface area contributed by atoms with Gasteiger partial charge in [-0.05, 0) is 24.2 Å². The number of likely N-dealkylation sites (N-methyl/N-ethyl adjacent to an activating group) is 1. The van der Waals surface area contributed by atoms with Gasteiger partial charge in [0.05, 0.1) is 5.56 Å². The summed E-state index contributed by atoms with van der Waals surface area (Å²) in [5.74, 6) is -1.57. The third kappa shape index (κ3) is 3.52. The maximum absolute atomic E-state index is 13.1. The second-order valence-electron chi connectivity index (χ2n) is 4.82. The number of carbonyl (C=O) groups is 1. The first kappa shape index (κ1) is 14.0. The van der Waals surface area contributed by atoms with Crippen molar-refractivity contribution in [2.45, 2.75) is 13.5 Å². The maximum Gasteiger partial charge on any atom is 0.336 e. The molecule has 104 valence electrons. The summed E-state index contributed by atoms with van der Waals surface area (Å²) in [6.07, 6.45) is 0. The first-order valence-corrected chi connectivity index (χ1v) is 6.56. The molecule has 0 bridgehead atoms. The largest absolute Gasteiger partial charge is 0.478 e. The fraction of sp³-hybridized carbons (Fsp3) is 0.500. The van der Waals surface area contributed by atoms with Crippen molar-refractivity contribution in [1.29, 1.82) is 0 Å². The van der Waals surface area contributed by atoms with E-state index in [1.807, 2.05) is 0 Å². The van der Waals surface area contributed by atoms with Crippen LogP contribution >= 0.6 is 0 Å². The Morgan fingerprint density at radius 2 is 1.89 bits per heavy atom. The summed E-state index contributed by atoms with van der Waals surface area (Å²) in [7, 11) is 0. The van der Waals surface area contributed by atoms with Gasteiger partial charge in [0.1, 0.15) is 5.82 Å². The van der Waals surface area contributed by atoms with Crippen molar-refractivity contribution in [2.75, 3.05) is 32.7 Å². The third-order valence-corrected chi connectivity index (χ3v) is 3.61. The van der Waals surface area contributed by atoms with Crippen LogP contribution < -0.4 is 0 Å². The summed E-state index contributed by atoms with van der Waals surface area (Å²) < 4.78 is 13.1. The Labute approximate surface area is 112 Å². The Bertz CT molecular complexity index is 457. The van der Waals surface area contributed by atoms with Gasteiger partial charge < -0.3 is 10.0 Å². The summed E-state index contributed by atoms with van der Waals surface area (Å²) in [6.45, 7) is 7.59. The summed E-state index contributed by atoms with van der Waals surface area (Å²) in [4.78, 5) is 15.7. The Hall–Kier alpha value is -1.46. The number of halogens is 1. The van der Waals surface area contributed by atoms with Crippen molar-refractivity contribution in [3.05, 3.63) is 35.1 Å². The molecule has 1 heterocycles. The van der Waals surface area contributed by atoms with Crippen molar-refractivity contribution >= 4 is 5.97 Å². The van der Waals surface area contributed by atoms with Crippen molar-refractivity contribution in [3.8, 4) is 0 Å². The summed E-state index contributed by atoms with van der Waals surface area (Å²) in [6, 6.07) is 4.00. The Balaban J connectivity index is 2.05. The summed E-state index contributed by atoms with van der Waals surface area (Å²) >= 11 is 0. The van der Waals surface area contributed by atoms with E-state index in [0.717, 1.165) is 38.8 Å². The zero-order chi connectivity index (χ0) is 13.8. The molecule has 0 aliphatic carbocycles. The lowest BCUT2D eigenvalue weighted by atomic mass is 10.1. The molecule has 1 fully saturated rings. The van der Waals surface area contributed by atoms with E-state index in [4.69, 9.17) is 5.11 Å². The SMILES string of the molecule is CCN1CCN(Cc2ccc(F)cc2C(=O)O)CC1. The van der Waals surface area contributed by atoms with E-state index >= 15 is 0 Å². The van der Waals surface area contributed by atoms with Gasteiger partial charge in [-0.3, -0.25) is 4.90 Å². The molecule has 1 N–H and O–H groups in total.